The molecule has 0 spiro atoms. The summed E-state index contributed by atoms with van der Waals surface area (Å²) in [4.78, 5) is 14.3. The smallest absolute Gasteiger partial charge is 0.264 e. The third-order valence-corrected chi connectivity index (χ3v) is 5.11. The van der Waals surface area contributed by atoms with Gasteiger partial charge in [0.1, 0.15) is 18.2 Å². The molecular formula is C23H23BrN2O4. The number of nitriles is 1. The molecule has 2 aromatic rings. The number of hydrogen-bond acceptors (Lipinski definition) is 5. The maximum Gasteiger partial charge on any atom is 0.264 e. The van der Waals surface area contributed by atoms with E-state index in [4.69, 9.17) is 14.2 Å². The van der Waals surface area contributed by atoms with Gasteiger partial charge in [0.2, 0.25) is 0 Å². The van der Waals surface area contributed by atoms with Crippen LogP contribution < -0.4 is 9.47 Å². The van der Waals surface area contributed by atoms with Crippen molar-refractivity contribution in [2.45, 2.75) is 13.5 Å². The number of halogens is 1. The fourth-order valence-corrected chi connectivity index (χ4v) is 3.62. The number of hydrogen-bond donors (Lipinski definition) is 0. The molecule has 30 heavy (non-hydrogen) atoms. The maximum atomic E-state index is 12.7. The molecular weight excluding hydrogens is 448 g/mol. The van der Waals surface area contributed by atoms with Gasteiger partial charge in [0.05, 0.1) is 24.3 Å². The minimum atomic E-state index is -0.292. The lowest BCUT2D eigenvalue weighted by molar-refractivity contribution is -0.130. The van der Waals surface area contributed by atoms with Gasteiger partial charge in [-0.1, -0.05) is 30.3 Å². The molecule has 0 aliphatic carbocycles. The van der Waals surface area contributed by atoms with E-state index in [9.17, 15) is 10.1 Å². The third kappa shape index (κ3) is 5.62. The summed E-state index contributed by atoms with van der Waals surface area (Å²) in [5.74, 6) is 0.834. The van der Waals surface area contributed by atoms with Crippen LogP contribution in [0.2, 0.25) is 0 Å². The molecule has 7 heteroatoms. The van der Waals surface area contributed by atoms with Crippen LogP contribution in [0.15, 0.2) is 52.5 Å². The highest BCUT2D eigenvalue weighted by Gasteiger charge is 2.21. The van der Waals surface area contributed by atoms with Crippen LogP contribution in [0.4, 0.5) is 0 Å². The summed E-state index contributed by atoms with van der Waals surface area (Å²) >= 11 is 3.54. The van der Waals surface area contributed by atoms with Crippen molar-refractivity contribution in [2.24, 2.45) is 0 Å². The van der Waals surface area contributed by atoms with Crippen LogP contribution >= 0.6 is 15.9 Å². The van der Waals surface area contributed by atoms with Crippen LogP contribution in [-0.4, -0.2) is 43.7 Å². The van der Waals surface area contributed by atoms with E-state index < -0.39 is 0 Å². The van der Waals surface area contributed by atoms with Crippen molar-refractivity contribution in [1.29, 1.82) is 5.26 Å². The predicted molar refractivity (Wildman–Crippen MR) is 117 cm³/mol. The Morgan fingerprint density at radius 3 is 2.63 bits per heavy atom. The summed E-state index contributed by atoms with van der Waals surface area (Å²) in [6, 6.07) is 15.5. The van der Waals surface area contributed by atoms with Gasteiger partial charge in [-0.15, -0.1) is 0 Å². The first kappa shape index (κ1) is 21.9. The van der Waals surface area contributed by atoms with Gasteiger partial charge < -0.3 is 19.1 Å². The first-order valence-electron chi connectivity index (χ1n) is 9.74. The molecule has 3 rings (SSSR count). The zero-order chi connectivity index (χ0) is 21.3. The highest BCUT2D eigenvalue weighted by molar-refractivity contribution is 9.10. The molecule has 1 saturated heterocycles. The van der Waals surface area contributed by atoms with Gasteiger partial charge in [-0.25, -0.2) is 0 Å². The maximum absolute atomic E-state index is 12.7. The number of rotatable bonds is 7. The van der Waals surface area contributed by atoms with Crippen molar-refractivity contribution in [1.82, 2.24) is 4.90 Å². The first-order chi connectivity index (χ1) is 14.6. The van der Waals surface area contributed by atoms with Gasteiger partial charge in [0, 0.05) is 13.1 Å². The van der Waals surface area contributed by atoms with Crippen molar-refractivity contribution in [3.8, 4) is 17.6 Å². The summed E-state index contributed by atoms with van der Waals surface area (Å²) < 4.78 is 17.7. The van der Waals surface area contributed by atoms with Crippen LogP contribution in [0.25, 0.3) is 6.08 Å². The number of ether oxygens (including phenoxy) is 3. The molecule has 0 bridgehead atoms. The molecule has 0 saturated carbocycles. The Hall–Kier alpha value is -2.82. The van der Waals surface area contributed by atoms with Crippen LogP contribution in [0.5, 0.6) is 11.5 Å². The lowest BCUT2D eigenvalue weighted by atomic mass is 10.1. The Balaban J connectivity index is 1.85. The Kier molecular flexibility index (Phi) is 7.89. The fourth-order valence-electron chi connectivity index (χ4n) is 3.05. The molecule has 0 aromatic heterocycles. The van der Waals surface area contributed by atoms with E-state index >= 15 is 0 Å². The summed E-state index contributed by atoms with van der Waals surface area (Å²) in [6.07, 6.45) is 1.58. The molecule has 1 heterocycles. The van der Waals surface area contributed by atoms with Gasteiger partial charge >= 0.3 is 0 Å². The number of benzene rings is 2. The SMILES string of the molecule is CCOc1cc(/C=C(\C#N)C(=O)N2CCOCC2)cc(Br)c1OCc1ccccc1. The molecule has 6 nitrogen and oxygen atoms in total. The van der Waals surface area contributed by atoms with E-state index in [0.29, 0.717) is 61.1 Å². The highest BCUT2D eigenvalue weighted by Crippen LogP contribution is 2.38. The average molecular weight is 471 g/mol. The number of morpholine rings is 1. The number of carbonyl (C=O) groups is 1. The van der Waals surface area contributed by atoms with E-state index in [-0.39, 0.29) is 11.5 Å². The van der Waals surface area contributed by atoms with Gasteiger partial charge in [-0.05, 0) is 52.2 Å². The van der Waals surface area contributed by atoms with Crippen LogP contribution in [0, 0.1) is 11.3 Å². The largest absolute Gasteiger partial charge is 0.490 e. The molecule has 1 fully saturated rings. The summed E-state index contributed by atoms with van der Waals surface area (Å²) in [6.45, 7) is 4.68. The molecule has 1 aliphatic rings. The summed E-state index contributed by atoms with van der Waals surface area (Å²) in [7, 11) is 0. The average Bonchev–Trinajstić information content (AvgIpc) is 2.78. The Morgan fingerprint density at radius 2 is 1.97 bits per heavy atom. The number of amides is 1. The second-order valence-electron chi connectivity index (χ2n) is 6.61. The van der Waals surface area contributed by atoms with Crippen molar-refractivity contribution >= 4 is 27.9 Å². The molecule has 0 atom stereocenters. The highest BCUT2D eigenvalue weighted by atomic mass is 79.9. The quantitative estimate of drug-likeness (QED) is 0.447. The number of carbonyl (C=O) groups excluding carboxylic acids is 1. The molecule has 156 valence electrons. The molecule has 0 N–H and O–H groups in total. The Labute approximate surface area is 184 Å². The minimum absolute atomic E-state index is 0.0733. The second-order valence-corrected chi connectivity index (χ2v) is 7.47. The van der Waals surface area contributed by atoms with Gasteiger partial charge in [-0.2, -0.15) is 5.26 Å². The zero-order valence-corrected chi connectivity index (χ0v) is 18.4. The monoisotopic (exact) mass is 470 g/mol. The molecule has 2 aromatic carbocycles. The molecule has 0 radical (unpaired) electrons. The lowest BCUT2D eigenvalue weighted by Crippen LogP contribution is -2.41. The minimum Gasteiger partial charge on any atom is -0.490 e. The van der Waals surface area contributed by atoms with Crippen molar-refractivity contribution in [3.63, 3.8) is 0 Å². The molecule has 1 amide bonds. The summed E-state index contributed by atoms with van der Waals surface area (Å²) in [5.41, 5.74) is 1.79. The van der Waals surface area contributed by atoms with E-state index in [1.807, 2.05) is 49.4 Å². The van der Waals surface area contributed by atoms with Crippen molar-refractivity contribution in [3.05, 3.63) is 63.6 Å². The predicted octanol–water partition coefficient (Wildman–Crippen LogP) is 4.19. The van der Waals surface area contributed by atoms with E-state index in [1.165, 1.54) is 0 Å². The molecule has 0 unspecified atom stereocenters. The fraction of sp³-hybridized carbons (Fsp3) is 0.304. The normalized spacial score (nSPS) is 14.2. The molecule has 1 aliphatic heterocycles. The van der Waals surface area contributed by atoms with Crippen molar-refractivity contribution < 1.29 is 19.0 Å². The second kappa shape index (κ2) is 10.8. The van der Waals surface area contributed by atoms with Gasteiger partial charge in [0.15, 0.2) is 11.5 Å². The lowest BCUT2D eigenvalue weighted by Gasteiger charge is -2.26. The number of nitrogens with zero attached hydrogens (tertiary/aromatic N) is 2. The van der Waals surface area contributed by atoms with Gasteiger partial charge in [0.25, 0.3) is 5.91 Å². The standard InChI is InChI=1S/C23H23BrN2O4/c1-2-29-21-14-18(12-19(15-25)23(27)26-8-10-28-11-9-26)13-20(24)22(21)30-16-17-6-4-3-5-7-17/h3-7,12-14H,2,8-11,16H2,1H3/b19-12+. The Bertz CT molecular complexity index is 948. The third-order valence-electron chi connectivity index (χ3n) is 4.52. The van der Waals surface area contributed by atoms with Crippen LogP contribution in [0.1, 0.15) is 18.1 Å². The van der Waals surface area contributed by atoms with Crippen LogP contribution in [-0.2, 0) is 16.1 Å². The summed E-state index contributed by atoms with van der Waals surface area (Å²) in [5, 5.41) is 9.53. The van der Waals surface area contributed by atoms with Crippen LogP contribution in [0.3, 0.4) is 0 Å². The van der Waals surface area contributed by atoms with E-state index in [2.05, 4.69) is 15.9 Å². The van der Waals surface area contributed by atoms with Crippen molar-refractivity contribution in [2.75, 3.05) is 32.9 Å². The topological polar surface area (TPSA) is 71.8 Å². The van der Waals surface area contributed by atoms with E-state index in [1.54, 1.807) is 17.0 Å². The zero-order valence-electron chi connectivity index (χ0n) is 16.8. The van der Waals surface area contributed by atoms with E-state index in [0.717, 1.165) is 5.56 Å². The van der Waals surface area contributed by atoms with Gasteiger partial charge in [-0.3, -0.25) is 4.79 Å². The Morgan fingerprint density at radius 1 is 1.23 bits per heavy atom. The first-order valence-corrected chi connectivity index (χ1v) is 10.5.